The maximum atomic E-state index is 14.7. The van der Waals surface area contributed by atoms with Crippen LogP contribution in [-0.4, -0.2) is 27.6 Å². The fraction of sp³-hybridized carbons (Fsp3) is 0.400. The number of hydrogen-bond donors (Lipinski definition) is 0. The maximum absolute atomic E-state index is 14.7. The van der Waals surface area contributed by atoms with E-state index in [-0.39, 0.29) is 0 Å². The van der Waals surface area contributed by atoms with Crippen LogP contribution in [0.5, 0.6) is 5.75 Å². The van der Waals surface area contributed by atoms with Gasteiger partial charge in [-0.25, -0.2) is 9.37 Å². The third-order valence-electron chi connectivity index (χ3n) is 8.12. The molecule has 222 valence electrons. The molecule has 4 aromatic rings. The summed E-state index contributed by atoms with van der Waals surface area (Å²) in [6, 6.07) is 24.9. The van der Waals surface area contributed by atoms with Crippen LogP contribution < -0.4 is 4.74 Å². The Kier molecular flexibility index (Phi) is 10.4. The summed E-state index contributed by atoms with van der Waals surface area (Å²) in [5, 5.41) is 0. The van der Waals surface area contributed by atoms with Crippen molar-refractivity contribution in [2.24, 2.45) is 5.92 Å². The van der Waals surface area contributed by atoms with E-state index in [1.54, 1.807) is 6.07 Å². The summed E-state index contributed by atoms with van der Waals surface area (Å²) in [5.74, 6) is 0.319. The largest absolute Gasteiger partial charge is 0.432 e. The Morgan fingerprint density at radius 2 is 1.60 bits per heavy atom. The van der Waals surface area contributed by atoms with Gasteiger partial charge in [0.2, 0.25) is 0 Å². The summed E-state index contributed by atoms with van der Waals surface area (Å²) in [6.45, 7) is 2.00. The number of imidazole rings is 1. The molecule has 0 unspecified atom stereocenters. The highest BCUT2D eigenvalue weighted by Crippen LogP contribution is 2.33. The van der Waals surface area contributed by atoms with Crippen LogP contribution in [0.1, 0.15) is 63.1 Å². The van der Waals surface area contributed by atoms with Gasteiger partial charge >= 0.3 is 6.61 Å². The van der Waals surface area contributed by atoms with Crippen LogP contribution in [0.4, 0.5) is 13.2 Å². The standard InChI is InChI=1S/C35H40F3N3O/c1-2-3-21-41-31(33(28-15-9-5-10-16-28)39-34(41)29-17-11-6-12-18-29)25-40(23-26-13-7-4-8-14-26)24-27-19-20-32(30(36)22-27)42-35(37)38/h5-6,9-12,15-20,22,26,35H,2-4,7-8,13-14,21,23-25H2,1H3. The summed E-state index contributed by atoms with van der Waals surface area (Å²) in [6.07, 6.45) is 8.18. The van der Waals surface area contributed by atoms with Gasteiger partial charge in [0.25, 0.3) is 0 Å². The highest BCUT2D eigenvalue weighted by atomic mass is 19.3. The number of nitrogens with zero attached hydrogens (tertiary/aromatic N) is 3. The Balaban J connectivity index is 1.55. The summed E-state index contributed by atoms with van der Waals surface area (Å²) < 4.78 is 46.9. The molecule has 1 aliphatic carbocycles. The molecule has 0 spiro atoms. The summed E-state index contributed by atoms with van der Waals surface area (Å²) in [5.41, 5.74) is 4.98. The number of benzene rings is 3. The van der Waals surface area contributed by atoms with Gasteiger partial charge in [0.15, 0.2) is 11.6 Å². The molecule has 0 bridgehead atoms. The van der Waals surface area contributed by atoms with Crippen molar-refractivity contribution in [2.75, 3.05) is 6.54 Å². The van der Waals surface area contributed by atoms with Crippen molar-refractivity contribution in [1.29, 1.82) is 0 Å². The summed E-state index contributed by atoms with van der Waals surface area (Å²) in [4.78, 5) is 7.64. The number of rotatable bonds is 13. The number of halogens is 3. The Morgan fingerprint density at radius 3 is 2.24 bits per heavy atom. The van der Waals surface area contributed by atoms with E-state index in [1.807, 2.05) is 36.4 Å². The number of hydrogen-bond acceptors (Lipinski definition) is 3. The second-order valence-electron chi connectivity index (χ2n) is 11.3. The van der Waals surface area contributed by atoms with E-state index in [0.717, 1.165) is 59.8 Å². The maximum Gasteiger partial charge on any atom is 0.387 e. The van der Waals surface area contributed by atoms with Crippen molar-refractivity contribution < 1.29 is 17.9 Å². The van der Waals surface area contributed by atoms with Crippen LogP contribution in [0.15, 0.2) is 78.9 Å². The van der Waals surface area contributed by atoms with E-state index in [0.29, 0.717) is 19.0 Å². The van der Waals surface area contributed by atoms with E-state index >= 15 is 0 Å². The first-order chi connectivity index (χ1) is 20.5. The lowest BCUT2D eigenvalue weighted by molar-refractivity contribution is -0.0522. The summed E-state index contributed by atoms with van der Waals surface area (Å²) in [7, 11) is 0. The molecular formula is C35H40F3N3O. The van der Waals surface area contributed by atoms with Crippen LogP contribution >= 0.6 is 0 Å². The van der Waals surface area contributed by atoms with Gasteiger partial charge < -0.3 is 9.30 Å². The fourth-order valence-electron chi connectivity index (χ4n) is 6.06. The van der Waals surface area contributed by atoms with Crippen LogP contribution in [0.3, 0.4) is 0 Å². The molecule has 1 aliphatic rings. The van der Waals surface area contributed by atoms with Gasteiger partial charge in [-0.1, -0.05) is 99.3 Å². The van der Waals surface area contributed by atoms with Gasteiger partial charge in [-0.15, -0.1) is 0 Å². The van der Waals surface area contributed by atoms with Crippen molar-refractivity contribution in [3.8, 4) is 28.4 Å². The van der Waals surface area contributed by atoms with Crippen molar-refractivity contribution in [3.05, 3.63) is 95.9 Å². The Labute approximate surface area is 247 Å². The molecule has 1 fully saturated rings. The van der Waals surface area contributed by atoms with E-state index in [4.69, 9.17) is 4.98 Å². The van der Waals surface area contributed by atoms with E-state index in [1.165, 1.54) is 44.2 Å². The zero-order valence-corrected chi connectivity index (χ0v) is 24.3. The van der Waals surface area contributed by atoms with Gasteiger partial charge in [0.05, 0.1) is 11.4 Å². The molecule has 0 saturated heterocycles. The van der Waals surface area contributed by atoms with E-state index < -0.39 is 18.2 Å². The van der Waals surface area contributed by atoms with Crippen LogP contribution in [0, 0.1) is 11.7 Å². The smallest absolute Gasteiger partial charge is 0.387 e. The Morgan fingerprint density at radius 1 is 0.905 bits per heavy atom. The number of ether oxygens (including phenoxy) is 1. The topological polar surface area (TPSA) is 30.3 Å². The Hall–Kier alpha value is -3.58. The van der Waals surface area contributed by atoms with Gasteiger partial charge in [0, 0.05) is 37.3 Å². The molecule has 0 atom stereocenters. The second-order valence-corrected chi connectivity index (χ2v) is 11.3. The minimum Gasteiger partial charge on any atom is -0.432 e. The molecule has 0 radical (unpaired) electrons. The third-order valence-corrected chi connectivity index (χ3v) is 8.12. The zero-order chi connectivity index (χ0) is 29.3. The third kappa shape index (κ3) is 7.62. The molecule has 0 amide bonds. The zero-order valence-electron chi connectivity index (χ0n) is 24.3. The van der Waals surface area contributed by atoms with Gasteiger partial charge in [0.1, 0.15) is 5.82 Å². The van der Waals surface area contributed by atoms with Crippen molar-refractivity contribution in [2.45, 2.75) is 78.1 Å². The SMILES string of the molecule is CCCCn1c(-c2ccccc2)nc(-c2ccccc2)c1CN(Cc1ccc(OC(F)F)c(F)c1)CC1CCCCC1. The molecule has 42 heavy (non-hydrogen) atoms. The number of aromatic nitrogens is 2. The average molecular weight is 576 g/mol. The lowest BCUT2D eigenvalue weighted by atomic mass is 9.89. The molecular weight excluding hydrogens is 535 g/mol. The lowest BCUT2D eigenvalue weighted by Gasteiger charge is -2.30. The molecule has 1 heterocycles. The first kappa shape index (κ1) is 29.9. The highest BCUT2D eigenvalue weighted by Gasteiger charge is 2.24. The van der Waals surface area contributed by atoms with Crippen molar-refractivity contribution in [1.82, 2.24) is 14.5 Å². The predicted octanol–water partition coefficient (Wildman–Crippen LogP) is 9.34. The first-order valence-electron chi connectivity index (χ1n) is 15.2. The normalized spacial score (nSPS) is 14.1. The van der Waals surface area contributed by atoms with Crippen molar-refractivity contribution >= 4 is 0 Å². The molecule has 0 N–H and O–H groups in total. The first-order valence-corrected chi connectivity index (χ1v) is 15.2. The predicted molar refractivity (Wildman–Crippen MR) is 162 cm³/mol. The molecule has 3 aromatic carbocycles. The Bertz CT molecular complexity index is 1400. The molecule has 7 heteroatoms. The summed E-state index contributed by atoms with van der Waals surface area (Å²) >= 11 is 0. The fourth-order valence-corrected chi connectivity index (χ4v) is 6.06. The van der Waals surface area contributed by atoms with Gasteiger partial charge in [-0.3, -0.25) is 4.90 Å². The minimum absolute atomic E-state index is 0.427. The molecule has 5 rings (SSSR count). The number of unbranched alkanes of at least 4 members (excludes halogenated alkanes) is 1. The lowest BCUT2D eigenvalue weighted by Crippen LogP contribution is -2.31. The van der Waals surface area contributed by atoms with E-state index in [9.17, 15) is 13.2 Å². The molecule has 1 saturated carbocycles. The second kappa shape index (κ2) is 14.5. The molecule has 4 nitrogen and oxygen atoms in total. The average Bonchev–Trinajstić information content (AvgIpc) is 3.36. The van der Waals surface area contributed by atoms with Crippen molar-refractivity contribution in [3.63, 3.8) is 0 Å². The number of alkyl halides is 2. The minimum atomic E-state index is -3.06. The van der Waals surface area contributed by atoms with Crippen LogP contribution in [-0.2, 0) is 19.6 Å². The molecule has 1 aromatic heterocycles. The van der Waals surface area contributed by atoms with Gasteiger partial charge in [-0.2, -0.15) is 8.78 Å². The van der Waals surface area contributed by atoms with Crippen LogP contribution in [0.2, 0.25) is 0 Å². The van der Waals surface area contributed by atoms with Gasteiger partial charge in [-0.05, 0) is 42.9 Å². The van der Waals surface area contributed by atoms with Crippen LogP contribution in [0.25, 0.3) is 22.6 Å². The molecule has 0 aliphatic heterocycles. The van der Waals surface area contributed by atoms with E-state index in [2.05, 4.69) is 45.4 Å². The quantitative estimate of drug-likeness (QED) is 0.159. The monoisotopic (exact) mass is 575 g/mol. The highest BCUT2D eigenvalue weighted by molar-refractivity contribution is 5.68.